The molecule has 2 heterocycles. The van der Waals surface area contributed by atoms with Crippen LogP contribution in [0.25, 0.3) is 0 Å². The number of hydrogen-bond donors (Lipinski definition) is 0. The standard InChI is InChI=1S/C16H24N2O3/c1-12-9-14(12)15-4-3-13(21-15)10-17-5-7-18(8-6-17)16(19)11-20-2/h3-4,12,14H,5-11H2,1-2H3/t12-,14-/m0/s1. The molecule has 21 heavy (non-hydrogen) atoms. The van der Waals surface area contributed by atoms with E-state index in [1.165, 1.54) is 6.42 Å². The summed E-state index contributed by atoms with van der Waals surface area (Å²) in [5, 5.41) is 0. The third-order valence-corrected chi connectivity index (χ3v) is 4.53. The van der Waals surface area contributed by atoms with Crippen molar-refractivity contribution in [3.8, 4) is 0 Å². The highest BCUT2D eigenvalue weighted by Gasteiger charge is 2.36. The molecule has 5 heteroatoms. The number of rotatable bonds is 5. The van der Waals surface area contributed by atoms with E-state index in [2.05, 4.69) is 24.0 Å². The van der Waals surface area contributed by atoms with Crippen LogP contribution in [-0.4, -0.2) is 55.6 Å². The van der Waals surface area contributed by atoms with Crippen molar-refractivity contribution in [2.24, 2.45) is 5.92 Å². The summed E-state index contributed by atoms with van der Waals surface area (Å²) in [7, 11) is 1.56. The fraction of sp³-hybridized carbons (Fsp3) is 0.688. The van der Waals surface area contributed by atoms with Gasteiger partial charge in [0.25, 0.3) is 0 Å². The lowest BCUT2D eigenvalue weighted by Crippen LogP contribution is -2.49. The van der Waals surface area contributed by atoms with Gasteiger partial charge >= 0.3 is 0 Å². The Balaban J connectivity index is 1.47. The molecule has 2 aliphatic rings. The molecular formula is C16H24N2O3. The molecule has 3 rings (SSSR count). The molecule has 0 bridgehead atoms. The molecule has 1 aliphatic carbocycles. The average molecular weight is 292 g/mol. The number of nitrogens with zero attached hydrogens (tertiary/aromatic N) is 2. The molecule has 1 saturated heterocycles. The number of carbonyl (C=O) groups excluding carboxylic acids is 1. The van der Waals surface area contributed by atoms with Crippen molar-refractivity contribution in [3.05, 3.63) is 23.7 Å². The zero-order valence-corrected chi connectivity index (χ0v) is 12.9. The Morgan fingerprint density at radius 3 is 2.67 bits per heavy atom. The molecule has 1 aromatic rings. The monoisotopic (exact) mass is 292 g/mol. The summed E-state index contributed by atoms with van der Waals surface area (Å²) in [5.74, 6) is 3.69. The third-order valence-electron chi connectivity index (χ3n) is 4.53. The topological polar surface area (TPSA) is 45.9 Å². The fourth-order valence-electron chi connectivity index (χ4n) is 2.99. The summed E-state index contributed by atoms with van der Waals surface area (Å²) >= 11 is 0. The van der Waals surface area contributed by atoms with Crippen LogP contribution in [0.5, 0.6) is 0 Å². The van der Waals surface area contributed by atoms with Crippen molar-refractivity contribution < 1.29 is 13.9 Å². The van der Waals surface area contributed by atoms with Gasteiger partial charge in [0.2, 0.25) is 5.91 Å². The number of hydrogen-bond acceptors (Lipinski definition) is 4. The van der Waals surface area contributed by atoms with Gasteiger partial charge in [-0.15, -0.1) is 0 Å². The van der Waals surface area contributed by atoms with Crippen LogP contribution in [-0.2, 0) is 16.1 Å². The molecule has 0 unspecified atom stereocenters. The van der Waals surface area contributed by atoms with Crippen molar-refractivity contribution in [1.82, 2.24) is 9.80 Å². The van der Waals surface area contributed by atoms with Crippen molar-refractivity contribution in [2.45, 2.75) is 25.8 Å². The predicted molar refractivity (Wildman–Crippen MR) is 79.0 cm³/mol. The number of amides is 1. The highest BCUT2D eigenvalue weighted by molar-refractivity contribution is 5.77. The number of ether oxygens (including phenoxy) is 1. The van der Waals surface area contributed by atoms with Gasteiger partial charge in [0, 0.05) is 39.2 Å². The van der Waals surface area contributed by atoms with Crippen molar-refractivity contribution in [3.63, 3.8) is 0 Å². The van der Waals surface area contributed by atoms with Crippen LogP contribution < -0.4 is 0 Å². The van der Waals surface area contributed by atoms with Crippen molar-refractivity contribution in [2.75, 3.05) is 39.9 Å². The highest BCUT2D eigenvalue weighted by Crippen LogP contribution is 2.47. The minimum atomic E-state index is 0.0835. The van der Waals surface area contributed by atoms with Gasteiger partial charge in [-0.05, 0) is 24.5 Å². The first kappa shape index (κ1) is 14.6. The molecule has 2 atom stereocenters. The van der Waals surface area contributed by atoms with E-state index in [0.29, 0.717) is 5.92 Å². The summed E-state index contributed by atoms with van der Waals surface area (Å²) in [4.78, 5) is 16.0. The SMILES string of the molecule is COCC(=O)N1CCN(Cc2ccc([C@H]3C[C@@H]3C)o2)CC1. The predicted octanol–water partition coefficient (Wildman–Crippen LogP) is 1.69. The molecular weight excluding hydrogens is 268 g/mol. The Morgan fingerprint density at radius 1 is 1.33 bits per heavy atom. The third kappa shape index (κ3) is 3.47. The van der Waals surface area contributed by atoms with Gasteiger partial charge in [0.15, 0.2) is 0 Å². The lowest BCUT2D eigenvalue weighted by molar-refractivity contribution is -0.137. The second-order valence-corrected chi connectivity index (χ2v) is 6.21. The molecule has 0 aromatic carbocycles. The minimum Gasteiger partial charge on any atom is -0.464 e. The van der Waals surface area contributed by atoms with Gasteiger partial charge in [-0.3, -0.25) is 9.69 Å². The second-order valence-electron chi connectivity index (χ2n) is 6.21. The second kappa shape index (κ2) is 6.20. The highest BCUT2D eigenvalue weighted by atomic mass is 16.5. The molecule has 1 aliphatic heterocycles. The first-order valence-corrected chi connectivity index (χ1v) is 7.75. The average Bonchev–Trinajstić information content (AvgIpc) is 3.03. The lowest BCUT2D eigenvalue weighted by Gasteiger charge is -2.34. The Bertz CT molecular complexity index is 491. The first-order chi connectivity index (χ1) is 10.2. The smallest absolute Gasteiger partial charge is 0.248 e. The van der Waals surface area contributed by atoms with Gasteiger partial charge in [-0.1, -0.05) is 6.92 Å². The maximum absolute atomic E-state index is 11.7. The summed E-state index contributed by atoms with van der Waals surface area (Å²) in [6.07, 6.45) is 1.26. The van der Waals surface area contributed by atoms with Gasteiger partial charge in [-0.25, -0.2) is 0 Å². The molecule has 0 N–H and O–H groups in total. The van der Waals surface area contributed by atoms with Crippen LogP contribution in [0.15, 0.2) is 16.5 Å². The van der Waals surface area contributed by atoms with Crippen LogP contribution in [0.2, 0.25) is 0 Å². The lowest BCUT2D eigenvalue weighted by atomic mass is 10.2. The molecule has 1 aromatic heterocycles. The van der Waals surface area contributed by atoms with E-state index in [-0.39, 0.29) is 12.5 Å². The molecule has 1 saturated carbocycles. The van der Waals surface area contributed by atoms with Gasteiger partial charge in [-0.2, -0.15) is 0 Å². The van der Waals surface area contributed by atoms with Crippen molar-refractivity contribution in [1.29, 1.82) is 0 Å². The normalized spacial score (nSPS) is 26.1. The van der Waals surface area contributed by atoms with Crippen LogP contribution in [0.3, 0.4) is 0 Å². The Hall–Kier alpha value is -1.33. The largest absolute Gasteiger partial charge is 0.464 e. The maximum atomic E-state index is 11.7. The van der Waals surface area contributed by atoms with E-state index in [9.17, 15) is 4.79 Å². The molecule has 0 spiro atoms. The minimum absolute atomic E-state index is 0.0835. The number of furan rings is 1. The molecule has 0 radical (unpaired) electrons. The van der Waals surface area contributed by atoms with E-state index < -0.39 is 0 Å². The van der Waals surface area contributed by atoms with Gasteiger partial charge in [0.05, 0.1) is 6.54 Å². The quantitative estimate of drug-likeness (QED) is 0.828. The van der Waals surface area contributed by atoms with E-state index in [0.717, 1.165) is 50.2 Å². The maximum Gasteiger partial charge on any atom is 0.248 e. The zero-order valence-electron chi connectivity index (χ0n) is 12.9. The molecule has 116 valence electrons. The van der Waals surface area contributed by atoms with Gasteiger partial charge in [0.1, 0.15) is 18.1 Å². The van der Waals surface area contributed by atoms with Crippen LogP contribution in [0.1, 0.15) is 30.8 Å². The van der Waals surface area contributed by atoms with E-state index in [1.807, 2.05) is 4.90 Å². The first-order valence-electron chi connectivity index (χ1n) is 7.75. The molecule has 5 nitrogen and oxygen atoms in total. The number of carbonyl (C=O) groups is 1. The zero-order chi connectivity index (χ0) is 14.8. The summed E-state index contributed by atoms with van der Waals surface area (Å²) < 4.78 is 10.9. The summed E-state index contributed by atoms with van der Waals surface area (Å²) in [5.41, 5.74) is 0. The Morgan fingerprint density at radius 2 is 2.05 bits per heavy atom. The van der Waals surface area contributed by atoms with Crippen molar-refractivity contribution >= 4 is 5.91 Å². The summed E-state index contributed by atoms with van der Waals surface area (Å²) in [6.45, 7) is 6.62. The fourth-order valence-corrected chi connectivity index (χ4v) is 2.99. The van der Waals surface area contributed by atoms with E-state index in [4.69, 9.17) is 9.15 Å². The van der Waals surface area contributed by atoms with Crippen LogP contribution in [0, 0.1) is 5.92 Å². The molecule has 2 fully saturated rings. The summed E-state index contributed by atoms with van der Waals surface area (Å²) in [6, 6.07) is 4.23. The van der Waals surface area contributed by atoms with E-state index >= 15 is 0 Å². The Labute approximate surface area is 125 Å². The number of piperazine rings is 1. The van der Waals surface area contributed by atoms with Gasteiger partial charge < -0.3 is 14.1 Å². The number of methoxy groups -OCH3 is 1. The van der Waals surface area contributed by atoms with E-state index in [1.54, 1.807) is 7.11 Å². The van der Waals surface area contributed by atoms with Crippen LogP contribution >= 0.6 is 0 Å². The molecule has 1 amide bonds. The Kier molecular flexibility index (Phi) is 4.31. The van der Waals surface area contributed by atoms with Crippen LogP contribution in [0.4, 0.5) is 0 Å².